The maximum atomic E-state index is 12.4. The van der Waals surface area contributed by atoms with E-state index in [1.54, 1.807) is 12.3 Å². The Kier molecular flexibility index (Phi) is 3.31. The summed E-state index contributed by atoms with van der Waals surface area (Å²) >= 11 is 0. The highest BCUT2D eigenvalue weighted by Gasteiger charge is 2.11. The Morgan fingerprint density at radius 1 is 1.14 bits per heavy atom. The molecule has 0 fully saturated rings. The highest BCUT2D eigenvalue weighted by atomic mass is 16.1. The van der Waals surface area contributed by atoms with Gasteiger partial charge in [0.25, 0.3) is 5.91 Å². The molecular formula is C16H16N4O. The monoisotopic (exact) mass is 280 g/mol. The minimum absolute atomic E-state index is 0.151. The lowest BCUT2D eigenvalue weighted by atomic mass is 10.1. The van der Waals surface area contributed by atoms with Gasteiger partial charge in [-0.2, -0.15) is 5.10 Å². The summed E-state index contributed by atoms with van der Waals surface area (Å²) in [5.41, 5.74) is 3.19. The normalized spacial score (nSPS) is 10.6. The largest absolute Gasteiger partial charge is 0.378 e. The van der Waals surface area contributed by atoms with Crippen LogP contribution in [-0.4, -0.2) is 30.2 Å². The third-order valence-electron chi connectivity index (χ3n) is 3.36. The molecule has 0 unspecified atom stereocenters. The fraction of sp³-hybridized carbons (Fsp3) is 0.125. The second-order valence-corrected chi connectivity index (χ2v) is 5.04. The van der Waals surface area contributed by atoms with Crippen LogP contribution in [0, 0.1) is 0 Å². The van der Waals surface area contributed by atoms with Crippen LogP contribution in [-0.2, 0) is 0 Å². The van der Waals surface area contributed by atoms with Crippen molar-refractivity contribution in [1.82, 2.24) is 10.2 Å². The molecule has 106 valence electrons. The molecule has 1 amide bonds. The first kappa shape index (κ1) is 13.2. The van der Waals surface area contributed by atoms with E-state index in [2.05, 4.69) is 15.5 Å². The summed E-state index contributed by atoms with van der Waals surface area (Å²) in [7, 11) is 3.96. The summed E-state index contributed by atoms with van der Waals surface area (Å²) < 4.78 is 0. The molecule has 0 aliphatic carbocycles. The molecule has 0 aliphatic heterocycles. The lowest BCUT2D eigenvalue weighted by Crippen LogP contribution is -2.13. The van der Waals surface area contributed by atoms with Crippen LogP contribution in [0.1, 0.15) is 10.4 Å². The molecule has 0 aliphatic rings. The first-order valence-electron chi connectivity index (χ1n) is 6.66. The molecule has 0 saturated heterocycles. The van der Waals surface area contributed by atoms with E-state index in [1.807, 2.05) is 55.4 Å². The van der Waals surface area contributed by atoms with Crippen molar-refractivity contribution in [2.45, 2.75) is 0 Å². The molecule has 0 bridgehead atoms. The number of nitrogens with zero attached hydrogens (tertiary/aromatic N) is 2. The number of anilines is 2. The van der Waals surface area contributed by atoms with Crippen molar-refractivity contribution in [1.29, 1.82) is 0 Å². The molecule has 3 aromatic rings. The molecule has 0 radical (unpaired) electrons. The molecule has 1 heterocycles. The Morgan fingerprint density at radius 2 is 1.90 bits per heavy atom. The smallest absolute Gasteiger partial charge is 0.257 e. The number of rotatable bonds is 3. The molecule has 3 rings (SSSR count). The number of aromatic nitrogens is 2. The fourth-order valence-corrected chi connectivity index (χ4v) is 2.20. The second-order valence-electron chi connectivity index (χ2n) is 5.04. The van der Waals surface area contributed by atoms with Gasteiger partial charge in [0.2, 0.25) is 0 Å². The summed E-state index contributed by atoms with van der Waals surface area (Å²) in [5, 5.41) is 10.7. The first-order chi connectivity index (χ1) is 10.1. The second kappa shape index (κ2) is 5.28. The van der Waals surface area contributed by atoms with Crippen molar-refractivity contribution in [3.8, 4) is 0 Å². The van der Waals surface area contributed by atoms with Gasteiger partial charge in [0.15, 0.2) is 0 Å². The topological polar surface area (TPSA) is 61.0 Å². The van der Waals surface area contributed by atoms with Crippen molar-refractivity contribution in [2.24, 2.45) is 0 Å². The third-order valence-corrected chi connectivity index (χ3v) is 3.36. The maximum Gasteiger partial charge on any atom is 0.257 e. The van der Waals surface area contributed by atoms with E-state index < -0.39 is 0 Å². The lowest BCUT2D eigenvalue weighted by Gasteiger charge is -2.13. The van der Waals surface area contributed by atoms with Gasteiger partial charge in [-0.15, -0.1) is 0 Å². The Balaban J connectivity index is 1.84. The number of amides is 1. The Labute approximate surface area is 122 Å². The number of carbonyl (C=O) groups is 1. The van der Waals surface area contributed by atoms with E-state index in [4.69, 9.17) is 0 Å². The highest BCUT2D eigenvalue weighted by molar-refractivity contribution is 6.11. The molecule has 0 saturated carbocycles. The minimum atomic E-state index is -0.151. The fourth-order valence-electron chi connectivity index (χ4n) is 2.20. The van der Waals surface area contributed by atoms with Gasteiger partial charge in [-0.25, -0.2) is 0 Å². The number of carbonyl (C=O) groups excluding carboxylic acids is 1. The SMILES string of the molecule is CN(C)c1ccc(NC(=O)c2cccc3cn[nH]c23)cc1. The molecule has 5 heteroatoms. The first-order valence-corrected chi connectivity index (χ1v) is 6.66. The van der Waals surface area contributed by atoms with Crippen LogP contribution in [0.25, 0.3) is 10.9 Å². The average Bonchev–Trinajstić information content (AvgIpc) is 2.96. The van der Waals surface area contributed by atoms with Crippen molar-refractivity contribution in [3.63, 3.8) is 0 Å². The zero-order chi connectivity index (χ0) is 14.8. The Bertz CT molecular complexity index is 774. The van der Waals surface area contributed by atoms with E-state index in [9.17, 15) is 4.79 Å². The number of fused-ring (bicyclic) bond motifs is 1. The summed E-state index contributed by atoms with van der Waals surface area (Å²) in [4.78, 5) is 14.4. The van der Waals surface area contributed by atoms with Crippen LogP contribution in [0.3, 0.4) is 0 Å². The van der Waals surface area contributed by atoms with Gasteiger partial charge < -0.3 is 10.2 Å². The summed E-state index contributed by atoms with van der Waals surface area (Å²) in [6.07, 6.45) is 1.71. The third kappa shape index (κ3) is 2.58. The lowest BCUT2D eigenvalue weighted by molar-refractivity contribution is 0.102. The molecule has 0 spiro atoms. The molecule has 2 aromatic carbocycles. The zero-order valence-electron chi connectivity index (χ0n) is 11.9. The predicted molar refractivity (Wildman–Crippen MR) is 84.8 cm³/mol. The minimum Gasteiger partial charge on any atom is -0.378 e. The van der Waals surface area contributed by atoms with Crippen molar-refractivity contribution < 1.29 is 4.79 Å². The van der Waals surface area contributed by atoms with Gasteiger partial charge in [0.05, 0.1) is 17.3 Å². The van der Waals surface area contributed by atoms with E-state index >= 15 is 0 Å². The van der Waals surface area contributed by atoms with E-state index in [0.29, 0.717) is 5.56 Å². The van der Waals surface area contributed by atoms with Gasteiger partial charge in [-0.05, 0) is 30.3 Å². The van der Waals surface area contributed by atoms with Crippen LogP contribution in [0.5, 0.6) is 0 Å². The van der Waals surface area contributed by atoms with Gasteiger partial charge >= 0.3 is 0 Å². The van der Waals surface area contributed by atoms with Gasteiger partial charge in [-0.1, -0.05) is 12.1 Å². The van der Waals surface area contributed by atoms with Crippen molar-refractivity contribution in [3.05, 3.63) is 54.2 Å². The Morgan fingerprint density at radius 3 is 2.62 bits per heavy atom. The van der Waals surface area contributed by atoms with Gasteiger partial charge in [0.1, 0.15) is 0 Å². The van der Waals surface area contributed by atoms with Gasteiger partial charge in [0, 0.05) is 30.9 Å². The van der Waals surface area contributed by atoms with Crippen LogP contribution in [0.2, 0.25) is 0 Å². The van der Waals surface area contributed by atoms with Crippen molar-refractivity contribution in [2.75, 3.05) is 24.3 Å². The van der Waals surface area contributed by atoms with Crippen LogP contribution < -0.4 is 10.2 Å². The summed E-state index contributed by atoms with van der Waals surface area (Å²) in [6, 6.07) is 13.3. The summed E-state index contributed by atoms with van der Waals surface area (Å²) in [6.45, 7) is 0. The summed E-state index contributed by atoms with van der Waals surface area (Å²) in [5.74, 6) is -0.151. The van der Waals surface area contributed by atoms with Crippen LogP contribution in [0.4, 0.5) is 11.4 Å². The predicted octanol–water partition coefficient (Wildman–Crippen LogP) is 2.88. The maximum absolute atomic E-state index is 12.4. The Hall–Kier alpha value is -2.82. The molecule has 21 heavy (non-hydrogen) atoms. The zero-order valence-corrected chi connectivity index (χ0v) is 11.9. The number of H-pyrrole nitrogens is 1. The molecule has 5 nitrogen and oxygen atoms in total. The van der Waals surface area contributed by atoms with E-state index in [-0.39, 0.29) is 5.91 Å². The number of aromatic amines is 1. The van der Waals surface area contributed by atoms with Crippen LogP contribution in [0.15, 0.2) is 48.7 Å². The molecular weight excluding hydrogens is 264 g/mol. The van der Waals surface area contributed by atoms with E-state index in [1.165, 1.54) is 0 Å². The quantitative estimate of drug-likeness (QED) is 0.775. The number of hydrogen-bond acceptors (Lipinski definition) is 3. The molecule has 1 aromatic heterocycles. The average molecular weight is 280 g/mol. The van der Waals surface area contributed by atoms with Crippen molar-refractivity contribution >= 4 is 28.2 Å². The molecule has 2 N–H and O–H groups in total. The number of hydrogen-bond donors (Lipinski definition) is 2. The van der Waals surface area contributed by atoms with Crippen LogP contribution >= 0.6 is 0 Å². The number of nitrogens with one attached hydrogen (secondary N) is 2. The number of para-hydroxylation sites is 1. The van der Waals surface area contributed by atoms with Gasteiger partial charge in [-0.3, -0.25) is 9.89 Å². The molecule has 0 atom stereocenters. The standard InChI is InChI=1S/C16H16N4O/c1-20(2)13-8-6-12(7-9-13)18-16(21)14-5-3-4-11-10-17-19-15(11)14/h3-10H,1-2H3,(H,17,19)(H,18,21). The van der Waals surface area contributed by atoms with E-state index in [0.717, 1.165) is 22.3 Å². The highest BCUT2D eigenvalue weighted by Crippen LogP contribution is 2.19. The number of benzene rings is 2.